The zero-order valence-corrected chi connectivity index (χ0v) is 15.6. The van der Waals surface area contributed by atoms with Crippen LogP contribution in [0.25, 0.3) is 22.3 Å². The van der Waals surface area contributed by atoms with Gasteiger partial charge in [0.15, 0.2) is 11.3 Å². The predicted octanol–water partition coefficient (Wildman–Crippen LogP) is 3.17. The molecule has 0 amide bonds. The number of nitrogens with zero attached hydrogens (tertiary/aromatic N) is 5. The molecule has 0 fully saturated rings. The number of anilines is 1. The highest BCUT2D eigenvalue weighted by Gasteiger charge is 2.12. The molecular formula is C19H20FN7O. The average molecular weight is 381 g/mol. The first-order valence-corrected chi connectivity index (χ1v) is 8.90. The Kier molecular flexibility index (Phi) is 4.64. The average Bonchev–Trinajstić information content (AvgIpc) is 3.29. The Bertz CT molecular complexity index is 1120. The number of pyridine rings is 1. The van der Waals surface area contributed by atoms with Crippen LogP contribution in [0.4, 0.5) is 10.2 Å². The summed E-state index contributed by atoms with van der Waals surface area (Å²) in [5.41, 5.74) is 8.77. The third-order valence-corrected chi connectivity index (χ3v) is 4.22. The fourth-order valence-corrected chi connectivity index (χ4v) is 2.94. The first-order valence-electron chi connectivity index (χ1n) is 8.90. The van der Waals surface area contributed by atoms with Crippen molar-refractivity contribution in [3.8, 4) is 16.9 Å². The van der Waals surface area contributed by atoms with E-state index >= 15 is 0 Å². The zero-order valence-electron chi connectivity index (χ0n) is 15.6. The summed E-state index contributed by atoms with van der Waals surface area (Å²) < 4.78 is 22.0. The van der Waals surface area contributed by atoms with Gasteiger partial charge in [-0.15, -0.1) is 5.10 Å². The number of benzene rings is 1. The third kappa shape index (κ3) is 3.64. The largest absolute Gasteiger partial charge is 0.486 e. The van der Waals surface area contributed by atoms with Crippen LogP contribution in [0.1, 0.15) is 19.4 Å². The van der Waals surface area contributed by atoms with Crippen LogP contribution in [0.2, 0.25) is 0 Å². The molecule has 9 heteroatoms. The van der Waals surface area contributed by atoms with Crippen molar-refractivity contribution in [3.05, 3.63) is 48.0 Å². The van der Waals surface area contributed by atoms with Gasteiger partial charge < -0.3 is 10.5 Å². The number of aromatic nitrogens is 6. The SMILES string of the molecule is CC(C)Cn1cc(-c2ccc(F)c(COc3cc(N)nc4n[nH]nc34)c2)cn1. The van der Waals surface area contributed by atoms with Gasteiger partial charge in [0.05, 0.1) is 6.20 Å². The summed E-state index contributed by atoms with van der Waals surface area (Å²) in [6.45, 7) is 5.11. The maximum absolute atomic E-state index is 14.3. The van der Waals surface area contributed by atoms with Crippen molar-refractivity contribution >= 4 is 17.0 Å². The minimum absolute atomic E-state index is 0.0191. The molecule has 4 aromatic rings. The molecule has 3 heterocycles. The molecule has 28 heavy (non-hydrogen) atoms. The number of hydrogen-bond acceptors (Lipinski definition) is 6. The second-order valence-electron chi connectivity index (χ2n) is 6.98. The van der Waals surface area contributed by atoms with Gasteiger partial charge in [0.2, 0.25) is 5.65 Å². The minimum atomic E-state index is -0.350. The van der Waals surface area contributed by atoms with Crippen molar-refractivity contribution < 1.29 is 9.13 Å². The van der Waals surface area contributed by atoms with Gasteiger partial charge in [0.1, 0.15) is 18.2 Å². The van der Waals surface area contributed by atoms with Crippen LogP contribution in [0.3, 0.4) is 0 Å². The van der Waals surface area contributed by atoms with Gasteiger partial charge >= 0.3 is 0 Å². The fraction of sp³-hybridized carbons (Fsp3) is 0.263. The van der Waals surface area contributed by atoms with E-state index < -0.39 is 0 Å². The van der Waals surface area contributed by atoms with Gasteiger partial charge in [-0.1, -0.05) is 19.9 Å². The Morgan fingerprint density at radius 3 is 2.89 bits per heavy atom. The van der Waals surface area contributed by atoms with Crippen LogP contribution in [-0.2, 0) is 13.2 Å². The van der Waals surface area contributed by atoms with Gasteiger partial charge in [-0.05, 0) is 23.6 Å². The molecular weight excluding hydrogens is 361 g/mol. The second-order valence-corrected chi connectivity index (χ2v) is 6.98. The minimum Gasteiger partial charge on any atom is -0.486 e. The number of H-pyrrole nitrogens is 1. The summed E-state index contributed by atoms with van der Waals surface area (Å²) in [6.07, 6.45) is 3.74. The number of rotatable bonds is 6. The molecule has 0 saturated heterocycles. The van der Waals surface area contributed by atoms with E-state index in [0.717, 1.165) is 17.7 Å². The predicted molar refractivity (Wildman–Crippen MR) is 103 cm³/mol. The van der Waals surface area contributed by atoms with Crippen molar-refractivity contribution in [2.75, 3.05) is 5.73 Å². The Balaban J connectivity index is 1.57. The highest BCUT2D eigenvalue weighted by Crippen LogP contribution is 2.26. The van der Waals surface area contributed by atoms with Gasteiger partial charge in [-0.2, -0.15) is 15.4 Å². The van der Waals surface area contributed by atoms with E-state index in [0.29, 0.717) is 28.4 Å². The summed E-state index contributed by atoms with van der Waals surface area (Å²) in [5.74, 6) is 0.789. The molecule has 4 rings (SSSR count). The zero-order chi connectivity index (χ0) is 19.7. The number of aromatic amines is 1. The molecule has 0 aliphatic carbocycles. The summed E-state index contributed by atoms with van der Waals surface area (Å²) in [5, 5.41) is 14.7. The first-order chi connectivity index (χ1) is 13.5. The monoisotopic (exact) mass is 381 g/mol. The number of ether oxygens (including phenoxy) is 1. The van der Waals surface area contributed by atoms with Crippen molar-refractivity contribution in [2.45, 2.75) is 27.0 Å². The van der Waals surface area contributed by atoms with Crippen molar-refractivity contribution in [1.82, 2.24) is 30.2 Å². The Hall–Kier alpha value is -3.49. The molecule has 0 saturated carbocycles. The lowest BCUT2D eigenvalue weighted by Crippen LogP contribution is -2.04. The molecule has 1 aromatic carbocycles. The number of fused-ring (bicyclic) bond motifs is 1. The summed E-state index contributed by atoms with van der Waals surface area (Å²) in [4.78, 5) is 4.05. The van der Waals surface area contributed by atoms with Crippen LogP contribution in [0.15, 0.2) is 36.7 Å². The number of hydrogen-bond donors (Lipinski definition) is 2. The molecule has 0 spiro atoms. The van der Waals surface area contributed by atoms with Gasteiger partial charge in [-0.3, -0.25) is 4.68 Å². The van der Waals surface area contributed by atoms with Crippen molar-refractivity contribution in [3.63, 3.8) is 0 Å². The molecule has 144 valence electrons. The molecule has 0 bridgehead atoms. The van der Waals surface area contributed by atoms with Crippen LogP contribution in [-0.4, -0.2) is 30.2 Å². The molecule has 0 unspecified atom stereocenters. The lowest BCUT2D eigenvalue weighted by molar-refractivity contribution is 0.303. The molecule has 0 atom stereocenters. The normalized spacial score (nSPS) is 11.4. The second kappa shape index (κ2) is 7.26. The van der Waals surface area contributed by atoms with Crippen molar-refractivity contribution in [1.29, 1.82) is 0 Å². The lowest BCUT2D eigenvalue weighted by Gasteiger charge is -2.09. The number of halogens is 1. The molecule has 0 radical (unpaired) electrons. The van der Waals surface area contributed by atoms with Crippen molar-refractivity contribution in [2.24, 2.45) is 5.92 Å². The molecule has 3 aromatic heterocycles. The number of nitrogens with one attached hydrogen (secondary N) is 1. The van der Waals surface area contributed by atoms with E-state index in [4.69, 9.17) is 10.5 Å². The number of nitrogen functional groups attached to an aromatic ring is 1. The standard InChI is InChI=1S/C19H20FN7O/c1-11(2)8-27-9-14(7-22-27)12-3-4-15(20)13(5-12)10-28-16-6-17(21)23-19-18(16)24-26-25-19/h3-7,9,11H,8,10H2,1-2H3,(H3,21,23,24,25,26). The summed E-state index contributed by atoms with van der Waals surface area (Å²) in [7, 11) is 0. The van der Waals surface area contributed by atoms with Gasteiger partial charge in [0.25, 0.3) is 0 Å². The van der Waals surface area contributed by atoms with Crippen LogP contribution >= 0.6 is 0 Å². The molecule has 3 N–H and O–H groups in total. The van der Waals surface area contributed by atoms with E-state index in [2.05, 4.69) is 39.3 Å². The highest BCUT2D eigenvalue weighted by molar-refractivity contribution is 5.78. The third-order valence-electron chi connectivity index (χ3n) is 4.22. The first kappa shape index (κ1) is 17.9. The maximum Gasteiger partial charge on any atom is 0.207 e. The maximum atomic E-state index is 14.3. The van der Waals surface area contributed by atoms with E-state index in [9.17, 15) is 4.39 Å². The Labute approximate surface area is 160 Å². The molecule has 0 aliphatic rings. The van der Waals surface area contributed by atoms with Gasteiger partial charge in [0, 0.05) is 29.9 Å². The van der Waals surface area contributed by atoms with E-state index in [1.54, 1.807) is 24.4 Å². The van der Waals surface area contributed by atoms with Crippen LogP contribution in [0.5, 0.6) is 5.75 Å². The quantitative estimate of drug-likeness (QED) is 0.531. The smallest absolute Gasteiger partial charge is 0.207 e. The van der Waals surface area contributed by atoms with Crippen LogP contribution in [0, 0.1) is 11.7 Å². The van der Waals surface area contributed by atoms with E-state index in [1.807, 2.05) is 10.9 Å². The highest BCUT2D eigenvalue weighted by atomic mass is 19.1. The topological polar surface area (TPSA) is 108 Å². The number of nitrogens with two attached hydrogens (primary N) is 1. The van der Waals surface area contributed by atoms with Gasteiger partial charge in [-0.25, -0.2) is 9.37 Å². The summed E-state index contributed by atoms with van der Waals surface area (Å²) in [6, 6.07) is 6.47. The molecule has 8 nitrogen and oxygen atoms in total. The van der Waals surface area contributed by atoms with Crippen LogP contribution < -0.4 is 10.5 Å². The fourth-order valence-electron chi connectivity index (χ4n) is 2.94. The summed E-state index contributed by atoms with van der Waals surface area (Å²) >= 11 is 0. The van der Waals surface area contributed by atoms with E-state index in [1.165, 1.54) is 6.07 Å². The Morgan fingerprint density at radius 1 is 1.21 bits per heavy atom. The Morgan fingerprint density at radius 2 is 2.07 bits per heavy atom. The van der Waals surface area contributed by atoms with E-state index in [-0.39, 0.29) is 18.2 Å². The molecule has 0 aliphatic heterocycles. The lowest BCUT2D eigenvalue weighted by atomic mass is 10.1.